The van der Waals surface area contributed by atoms with Crippen LogP contribution in [0.3, 0.4) is 0 Å². The van der Waals surface area contributed by atoms with Gasteiger partial charge in [-0.2, -0.15) is 0 Å². The summed E-state index contributed by atoms with van der Waals surface area (Å²) in [5.41, 5.74) is 3.44. The number of allylic oxidation sites excluding steroid dienone is 1. The second-order valence-electron chi connectivity index (χ2n) is 11.0. The molecule has 35 heavy (non-hydrogen) atoms. The standard InChI is InChI=1S/C29H50O5Si/c1-12-13-23(8)29(9)27(32-18-24-14-16-25(30-10)17-15-24)26(34-28(29)31-11)19-33-35(20(2)3,21(4)5)22(6)7/h13-17,20-22,26-28H,12,18-19H2,1-11H3/b23-13+/t26-,27+,28+,29+/m1/s1. The molecule has 0 bridgehead atoms. The van der Waals surface area contributed by atoms with Crippen molar-refractivity contribution in [3.05, 3.63) is 41.5 Å². The summed E-state index contributed by atoms with van der Waals surface area (Å²) in [6.07, 6.45) is 2.40. The van der Waals surface area contributed by atoms with E-state index in [1.165, 1.54) is 5.57 Å². The van der Waals surface area contributed by atoms with Gasteiger partial charge < -0.3 is 23.4 Å². The Morgan fingerprint density at radius 2 is 1.60 bits per heavy atom. The molecule has 0 unspecified atom stereocenters. The SMILES string of the molecule is CC/C=C(\C)[C@]1(C)[C@@H](OC)O[C@H](CO[Si](C(C)C)(C(C)C)C(C)C)[C@@H]1OCc1ccc(OC)cc1. The maximum absolute atomic E-state index is 6.98. The average Bonchev–Trinajstić information content (AvgIpc) is 3.09. The van der Waals surface area contributed by atoms with Crippen LogP contribution >= 0.6 is 0 Å². The van der Waals surface area contributed by atoms with Crippen LogP contribution in [0.2, 0.25) is 16.6 Å². The first-order valence-electron chi connectivity index (χ1n) is 13.2. The van der Waals surface area contributed by atoms with Gasteiger partial charge in [0.2, 0.25) is 0 Å². The summed E-state index contributed by atoms with van der Waals surface area (Å²) in [6, 6.07) is 8.04. The van der Waals surface area contributed by atoms with E-state index in [1.807, 2.05) is 24.3 Å². The van der Waals surface area contributed by atoms with Crippen molar-refractivity contribution in [3.63, 3.8) is 0 Å². The highest BCUT2D eigenvalue weighted by molar-refractivity contribution is 6.77. The molecule has 1 heterocycles. The molecule has 0 aliphatic carbocycles. The van der Waals surface area contributed by atoms with E-state index in [2.05, 4.69) is 68.4 Å². The maximum Gasteiger partial charge on any atom is 0.200 e. The molecule has 2 rings (SSSR count). The van der Waals surface area contributed by atoms with Gasteiger partial charge in [0.25, 0.3) is 0 Å². The quantitative estimate of drug-likeness (QED) is 0.205. The van der Waals surface area contributed by atoms with Crippen LogP contribution in [0.5, 0.6) is 5.75 Å². The molecule has 0 amide bonds. The van der Waals surface area contributed by atoms with E-state index in [0.29, 0.717) is 29.8 Å². The molecular formula is C29H50O5Si. The summed E-state index contributed by atoms with van der Waals surface area (Å²) >= 11 is 0. The molecule has 200 valence electrons. The van der Waals surface area contributed by atoms with Crippen molar-refractivity contribution in [1.29, 1.82) is 0 Å². The van der Waals surface area contributed by atoms with Crippen LogP contribution in [0.25, 0.3) is 0 Å². The minimum atomic E-state index is -2.05. The van der Waals surface area contributed by atoms with Crippen LogP contribution in [-0.2, 0) is 25.2 Å². The molecule has 1 aliphatic heterocycles. The molecule has 5 nitrogen and oxygen atoms in total. The second-order valence-corrected chi connectivity index (χ2v) is 16.5. The third kappa shape index (κ3) is 6.21. The third-order valence-corrected chi connectivity index (χ3v) is 14.2. The van der Waals surface area contributed by atoms with Gasteiger partial charge in [0.05, 0.1) is 25.7 Å². The Kier molecular flexibility index (Phi) is 11.0. The first-order valence-corrected chi connectivity index (χ1v) is 15.4. The van der Waals surface area contributed by atoms with Crippen LogP contribution in [0.1, 0.15) is 74.3 Å². The van der Waals surface area contributed by atoms with Gasteiger partial charge in [0, 0.05) is 7.11 Å². The Hall–Kier alpha value is -1.18. The van der Waals surface area contributed by atoms with Gasteiger partial charge in [-0.25, -0.2) is 0 Å². The zero-order chi connectivity index (χ0) is 26.4. The fraction of sp³-hybridized carbons (Fsp3) is 0.724. The summed E-state index contributed by atoms with van der Waals surface area (Å²) in [4.78, 5) is 0. The molecule has 6 heteroatoms. The molecule has 1 aromatic carbocycles. The lowest BCUT2D eigenvalue weighted by molar-refractivity contribution is -0.150. The number of rotatable bonds is 13. The Bertz CT molecular complexity index is 782. The summed E-state index contributed by atoms with van der Waals surface area (Å²) in [6.45, 7) is 21.4. The highest BCUT2D eigenvalue weighted by atomic mass is 28.4. The summed E-state index contributed by atoms with van der Waals surface area (Å²) < 4.78 is 31.4. The topological polar surface area (TPSA) is 46.2 Å². The lowest BCUT2D eigenvalue weighted by Crippen LogP contribution is -2.50. The van der Waals surface area contributed by atoms with Crippen LogP contribution in [0.15, 0.2) is 35.9 Å². The first-order chi connectivity index (χ1) is 16.5. The summed E-state index contributed by atoms with van der Waals surface area (Å²) in [7, 11) is 1.36. The van der Waals surface area contributed by atoms with E-state index in [9.17, 15) is 0 Å². The van der Waals surface area contributed by atoms with Crippen molar-refractivity contribution in [1.82, 2.24) is 0 Å². The number of benzene rings is 1. The highest BCUT2D eigenvalue weighted by Gasteiger charge is 2.57. The van der Waals surface area contributed by atoms with E-state index in [4.69, 9.17) is 23.4 Å². The van der Waals surface area contributed by atoms with E-state index in [-0.39, 0.29) is 12.2 Å². The maximum atomic E-state index is 6.98. The van der Waals surface area contributed by atoms with Crippen molar-refractivity contribution < 1.29 is 23.4 Å². The van der Waals surface area contributed by atoms with E-state index >= 15 is 0 Å². The summed E-state index contributed by atoms with van der Waals surface area (Å²) in [5.74, 6) is 0.840. The molecule has 0 saturated carbocycles. The van der Waals surface area contributed by atoms with E-state index in [0.717, 1.165) is 17.7 Å². The van der Waals surface area contributed by atoms with Gasteiger partial charge in [0.1, 0.15) is 18.0 Å². The van der Waals surface area contributed by atoms with Gasteiger partial charge in [0.15, 0.2) is 14.6 Å². The predicted molar refractivity (Wildman–Crippen MR) is 146 cm³/mol. The molecular weight excluding hydrogens is 456 g/mol. The van der Waals surface area contributed by atoms with Crippen molar-refractivity contribution in [2.45, 2.75) is 110 Å². The Labute approximate surface area is 215 Å². The predicted octanol–water partition coefficient (Wildman–Crippen LogP) is 7.51. The van der Waals surface area contributed by atoms with E-state index < -0.39 is 20.0 Å². The molecule has 0 radical (unpaired) electrons. The Balaban J connectivity index is 2.38. The fourth-order valence-electron chi connectivity index (χ4n) is 6.17. The van der Waals surface area contributed by atoms with Crippen LogP contribution in [-0.4, -0.2) is 47.6 Å². The Morgan fingerprint density at radius 3 is 2.06 bits per heavy atom. The van der Waals surface area contributed by atoms with Crippen LogP contribution < -0.4 is 4.74 Å². The highest BCUT2D eigenvalue weighted by Crippen LogP contribution is 2.48. The molecule has 4 atom stereocenters. The van der Waals surface area contributed by atoms with Gasteiger partial charge >= 0.3 is 0 Å². The molecule has 1 fully saturated rings. The van der Waals surface area contributed by atoms with Gasteiger partial charge in [-0.1, -0.05) is 72.2 Å². The molecule has 0 N–H and O–H groups in total. The van der Waals surface area contributed by atoms with Crippen molar-refractivity contribution in [3.8, 4) is 5.75 Å². The van der Waals surface area contributed by atoms with Gasteiger partial charge in [-0.3, -0.25) is 0 Å². The number of methoxy groups -OCH3 is 2. The van der Waals surface area contributed by atoms with Crippen molar-refractivity contribution in [2.75, 3.05) is 20.8 Å². The molecule has 1 saturated heterocycles. The minimum absolute atomic E-state index is 0.199. The molecule has 0 aromatic heterocycles. The fourth-order valence-corrected chi connectivity index (χ4v) is 11.6. The van der Waals surface area contributed by atoms with Crippen LogP contribution in [0.4, 0.5) is 0 Å². The largest absolute Gasteiger partial charge is 0.497 e. The monoisotopic (exact) mass is 506 g/mol. The number of hydrogen-bond acceptors (Lipinski definition) is 5. The van der Waals surface area contributed by atoms with Crippen molar-refractivity contribution in [2.24, 2.45) is 5.41 Å². The molecule has 0 spiro atoms. The lowest BCUT2D eigenvalue weighted by atomic mass is 9.76. The van der Waals surface area contributed by atoms with Crippen LogP contribution in [0, 0.1) is 5.41 Å². The summed E-state index contributed by atoms with van der Waals surface area (Å²) in [5, 5.41) is 0. The van der Waals surface area contributed by atoms with Gasteiger partial charge in [-0.05, 0) is 54.6 Å². The average molecular weight is 507 g/mol. The zero-order valence-corrected chi connectivity index (χ0v) is 25.0. The second kappa shape index (κ2) is 12.9. The van der Waals surface area contributed by atoms with Crippen molar-refractivity contribution >= 4 is 8.32 Å². The first kappa shape index (κ1) is 30.0. The van der Waals surface area contributed by atoms with E-state index in [1.54, 1.807) is 14.2 Å². The minimum Gasteiger partial charge on any atom is -0.497 e. The zero-order valence-electron chi connectivity index (χ0n) is 24.0. The normalized spacial score (nSPS) is 25.8. The lowest BCUT2D eigenvalue weighted by Gasteiger charge is -2.43. The van der Waals surface area contributed by atoms with Gasteiger partial charge in [-0.15, -0.1) is 0 Å². The number of ether oxygens (including phenoxy) is 4. The molecule has 1 aromatic rings. The number of hydrogen-bond donors (Lipinski definition) is 0. The third-order valence-electron chi connectivity index (χ3n) is 8.08. The smallest absolute Gasteiger partial charge is 0.200 e. The Morgan fingerprint density at radius 1 is 1.03 bits per heavy atom. The molecule has 1 aliphatic rings.